The molecule has 0 saturated carbocycles. The molecule has 0 aliphatic heterocycles. The molecule has 0 aliphatic carbocycles. The first-order valence-corrected chi connectivity index (χ1v) is 4.11. The van der Waals surface area contributed by atoms with E-state index in [1.54, 1.807) is 0 Å². The second-order valence-electron chi connectivity index (χ2n) is 2.84. The maximum atomic E-state index is 3.80. The fourth-order valence-corrected chi connectivity index (χ4v) is 1.37. The van der Waals surface area contributed by atoms with Gasteiger partial charge < -0.3 is 0 Å². The van der Waals surface area contributed by atoms with Gasteiger partial charge in [0, 0.05) is 0 Å². The van der Waals surface area contributed by atoms with E-state index in [9.17, 15) is 0 Å². The second kappa shape index (κ2) is 3.91. The lowest BCUT2D eigenvalue weighted by Gasteiger charge is -2.05. The van der Waals surface area contributed by atoms with Crippen molar-refractivity contribution in [2.45, 2.75) is 13.3 Å². The molecule has 0 aromatic heterocycles. The van der Waals surface area contributed by atoms with E-state index in [1.165, 1.54) is 16.7 Å². The van der Waals surface area contributed by atoms with Crippen LogP contribution in [0.15, 0.2) is 37.4 Å². The Labute approximate surface area is 74.2 Å². The molecule has 0 heterocycles. The molecule has 0 radical (unpaired) electrons. The Hall–Kier alpha value is -1.30. The minimum absolute atomic E-state index is 0.920. The van der Waals surface area contributed by atoms with Gasteiger partial charge in [0.25, 0.3) is 0 Å². The highest BCUT2D eigenvalue weighted by atomic mass is 14.0. The molecule has 0 heteroatoms. The standard InChI is InChI=1S/C12H14/c1-4-7-11-9-6-8-10(3)12(11)5-2/h4-6,8-9H,1-2,7H2,3H3. The third-order valence-electron chi connectivity index (χ3n) is 1.98. The molecule has 0 aliphatic rings. The third-order valence-corrected chi connectivity index (χ3v) is 1.98. The number of hydrogen-bond donors (Lipinski definition) is 0. The molecular weight excluding hydrogens is 144 g/mol. The van der Waals surface area contributed by atoms with Crippen molar-refractivity contribution in [1.29, 1.82) is 0 Å². The molecule has 0 bridgehead atoms. The Morgan fingerprint density at radius 3 is 2.67 bits per heavy atom. The average molecular weight is 158 g/mol. The maximum absolute atomic E-state index is 3.80. The van der Waals surface area contributed by atoms with Crippen LogP contribution in [-0.4, -0.2) is 0 Å². The summed E-state index contributed by atoms with van der Waals surface area (Å²) in [6.07, 6.45) is 4.75. The van der Waals surface area contributed by atoms with Crippen molar-refractivity contribution in [3.63, 3.8) is 0 Å². The van der Waals surface area contributed by atoms with Gasteiger partial charge in [0.1, 0.15) is 0 Å². The highest BCUT2D eigenvalue weighted by Crippen LogP contribution is 2.15. The molecule has 1 aromatic rings. The number of hydrogen-bond acceptors (Lipinski definition) is 0. The fraction of sp³-hybridized carbons (Fsp3) is 0.167. The van der Waals surface area contributed by atoms with Crippen molar-refractivity contribution < 1.29 is 0 Å². The Bertz CT molecular complexity index is 295. The van der Waals surface area contributed by atoms with Gasteiger partial charge >= 0.3 is 0 Å². The SMILES string of the molecule is C=CCc1cccc(C)c1C=C. The van der Waals surface area contributed by atoms with Gasteiger partial charge in [0.2, 0.25) is 0 Å². The van der Waals surface area contributed by atoms with E-state index in [0.717, 1.165) is 6.42 Å². The van der Waals surface area contributed by atoms with Gasteiger partial charge in [-0.1, -0.05) is 36.9 Å². The van der Waals surface area contributed by atoms with Gasteiger partial charge in [-0.25, -0.2) is 0 Å². The van der Waals surface area contributed by atoms with Crippen LogP contribution in [0.3, 0.4) is 0 Å². The molecular formula is C12H14. The lowest BCUT2D eigenvalue weighted by atomic mass is 10.00. The second-order valence-corrected chi connectivity index (χ2v) is 2.84. The van der Waals surface area contributed by atoms with Crippen LogP contribution in [0.2, 0.25) is 0 Å². The lowest BCUT2D eigenvalue weighted by molar-refractivity contribution is 1.24. The van der Waals surface area contributed by atoms with Crippen LogP contribution in [0, 0.1) is 6.92 Å². The van der Waals surface area contributed by atoms with Gasteiger partial charge in [-0.05, 0) is 30.0 Å². The van der Waals surface area contributed by atoms with Crippen LogP contribution in [0.4, 0.5) is 0 Å². The van der Waals surface area contributed by atoms with Crippen molar-refractivity contribution in [2.75, 3.05) is 0 Å². The monoisotopic (exact) mass is 158 g/mol. The number of aryl methyl sites for hydroxylation is 1. The predicted molar refractivity (Wildman–Crippen MR) is 55.2 cm³/mol. The van der Waals surface area contributed by atoms with Crippen molar-refractivity contribution in [3.8, 4) is 0 Å². The number of allylic oxidation sites excluding steroid dienone is 1. The topological polar surface area (TPSA) is 0 Å². The van der Waals surface area contributed by atoms with Crippen LogP contribution in [-0.2, 0) is 6.42 Å². The van der Waals surface area contributed by atoms with Crippen LogP contribution in [0.1, 0.15) is 16.7 Å². The summed E-state index contributed by atoms with van der Waals surface area (Å²) in [5, 5.41) is 0. The molecule has 62 valence electrons. The molecule has 0 amide bonds. The van der Waals surface area contributed by atoms with Gasteiger partial charge in [-0.15, -0.1) is 6.58 Å². The highest BCUT2D eigenvalue weighted by Gasteiger charge is 1.98. The summed E-state index contributed by atoms with van der Waals surface area (Å²) in [6.45, 7) is 9.63. The van der Waals surface area contributed by atoms with Crippen LogP contribution in [0.25, 0.3) is 6.08 Å². The molecule has 0 unspecified atom stereocenters. The largest absolute Gasteiger partial charge is 0.103 e. The molecule has 1 aromatic carbocycles. The lowest BCUT2D eigenvalue weighted by Crippen LogP contribution is -1.89. The molecule has 0 nitrogen and oxygen atoms in total. The third kappa shape index (κ3) is 1.65. The fourth-order valence-electron chi connectivity index (χ4n) is 1.37. The summed E-state index contributed by atoms with van der Waals surface area (Å²) in [4.78, 5) is 0. The maximum Gasteiger partial charge on any atom is -0.00941 e. The molecule has 1 rings (SSSR count). The zero-order chi connectivity index (χ0) is 8.97. The van der Waals surface area contributed by atoms with E-state index in [1.807, 2.05) is 12.2 Å². The van der Waals surface area contributed by atoms with E-state index in [2.05, 4.69) is 38.3 Å². The Balaban J connectivity index is 3.17. The van der Waals surface area contributed by atoms with Crippen molar-refractivity contribution >= 4 is 6.08 Å². The minimum atomic E-state index is 0.920. The van der Waals surface area contributed by atoms with Gasteiger partial charge in [0.15, 0.2) is 0 Å². The summed E-state index contributed by atoms with van der Waals surface area (Å²) in [5.74, 6) is 0. The van der Waals surface area contributed by atoms with Gasteiger partial charge in [-0.3, -0.25) is 0 Å². The van der Waals surface area contributed by atoms with E-state index >= 15 is 0 Å². The first kappa shape index (κ1) is 8.79. The van der Waals surface area contributed by atoms with Crippen molar-refractivity contribution in [2.24, 2.45) is 0 Å². The number of rotatable bonds is 3. The van der Waals surface area contributed by atoms with E-state index in [4.69, 9.17) is 0 Å². The van der Waals surface area contributed by atoms with E-state index in [0.29, 0.717) is 0 Å². The van der Waals surface area contributed by atoms with E-state index < -0.39 is 0 Å². The Morgan fingerprint density at radius 2 is 2.08 bits per heavy atom. The molecule has 0 N–H and O–H groups in total. The Kier molecular flexibility index (Phi) is 2.87. The van der Waals surface area contributed by atoms with Crippen molar-refractivity contribution in [3.05, 3.63) is 54.1 Å². The van der Waals surface area contributed by atoms with Gasteiger partial charge in [-0.2, -0.15) is 0 Å². The first-order chi connectivity index (χ1) is 5.79. The van der Waals surface area contributed by atoms with Crippen LogP contribution in [0.5, 0.6) is 0 Å². The summed E-state index contributed by atoms with van der Waals surface area (Å²) in [6, 6.07) is 6.29. The highest BCUT2D eigenvalue weighted by molar-refractivity contribution is 5.56. The molecule has 0 spiro atoms. The van der Waals surface area contributed by atoms with Crippen LogP contribution < -0.4 is 0 Å². The van der Waals surface area contributed by atoms with Crippen molar-refractivity contribution in [1.82, 2.24) is 0 Å². The zero-order valence-electron chi connectivity index (χ0n) is 7.51. The zero-order valence-corrected chi connectivity index (χ0v) is 7.51. The molecule has 12 heavy (non-hydrogen) atoms. The quantitative estimate of drug-likeness (QED) is 0.592. The molecule has 0 saturated heterocycles. The molecule has 0 atom stereocenters. The normalized spacial score (nSPS) is 9.42. The smallest absolute Gasteiger partial charge is 0.00941 e. The Morgan fingerprint density at radius 1 is 1.33 bits per heavy atom. The summed E-state index contributed by atoms with van der Waals surface area (Å²) in [5.41, 5.74) is 3.83. The number of benzene rings is 1. The molecule has 0 fully saturated rings. The predicted octanol–water partition coefficient (Wildman–Crippen LogP) is 3.37. The first-order valence-electron chi connectivity index (χ1n) is 4.11. The summed E-state index contributed by atoms with van der Waals surface area (Å²) < 4.78 is 0. The minimum Gasteiger partial charge on any atom is -0.103 e. The van der Waals surface area contributed by atoms with Crippen LogP contribution >= 0.6 is 0 Å². The summed E-state index contributed by atoms with van der Waals surface area (Å²) >= 11 is 0. The van der Waals surface area contributed by atoms with E-state index in [-0.39, 0.29) is 0 Å². The average Bonchev–Trinajstić information content (AvgIpc) is 2.05. The summed E-state index contributed by atoms with van der Waals surface area (Å²) in [7, 11) is 0. The van der Waals surface area contributed by atoms with Gasteiger partial charge in [0.05, 0.1) is 0 Å².